The summed E-state index contributed by atoms with van der Waals surface area (Å²) in [6.45, 7) is 2.65. The normalized spacial score (nSPS) is 18.1. The number of nitrogens with zero attached hydrogens (tertiary/aromatic N) is 5. The van der Waals surface area contributed by atoms with Crippen molar-refractivity contribution in [3.05, 3.63) is 36.0 Å². The molecule has 3 heterocycles. The van der Waals surface area contributed by atoms with Crippen LogP contribution in [0.2, 0.25) is 0 Å². The summed E-state index contributed by atoms with van der Waals surface area (Å²) in [7, 11) is 0. The highest BCUT2D eigenvalue weighted by Gasteiger charge is 2.29. The minimum absolute atomic E-state index is 0.423. The van der Waals surface area contributed by atoms with Gasteiger partial charge in [0.2, 0.25) is 5.95 Å². The van der Waals surface area contributed by atoms with Crippen LogP contribution in [0.1, 0.15) is 24.5 Å². The molecule has 1 aliphatic heterocycles. The third-order valence-electron chi connectivity index (χ3n) is 4.12. The number of rotatable bonds is 5. The minimum Gasteiger partial charge on any atom is -0.354 e. The van der Waals surface area contributed by atoms with E-state index in [1.165, 1.54) is 25.2 Å². The Morgan fingerprint density at radius 3 is 2.55 bits per heavy atom. The molecular formula is C15H17FN6. The molecule has 1 saturated heterocycles. The van der Waals surface area contributed by atoms with Gasteiger partial charge in [-0.25, -0.2) is 14.4 Å². The van der Waals surface area contributed by atoms with Crippen molar-refractivity contribution in [3.8, 4) is 0 Å². The molecule has 2 fully saturated rings. The maximum atomic E-state index is 12.7. The van der Waals surface area contributed by atoms with Crippen LogP contribution in [0.3, 0.4) is 0 Å². The van der Waals surface area contributed by atoms with Gasteiger partial charge in [-0.05, 0) is 25.0 Å². The van der Waals surface area contributed by atoms with E-state index in [1.807, 2.05) is 0 Å². The van der Waals surface area contributed by atoms with E-state index in [9.17, 15) is 4.39 Å². The van der Waals surface area contributed by atoms with Gasteiger partial charge < -0.3 is 10.2 Å². The van der Waals surface area contributed by atoms with Crippen LogP contribution < -0.4 is 10.2 Å². The molecule has 0 spiro atoms. The van der Waals surface area contributed by atoms with Gasteiger partial charge in [-0.2, -0.15) is 5.10 Å². The standard InChI is InChI=1S/C15H17FN6/c16-12-6-18-15(19-7-12)17-5-10-8-22(9-10)14-4-3-13(20-21-14)11-1-2-11/h3-4,6-7,10-11H,1-2,5,8-9H2,(H,17,18,19). The van der Waals surface area contributed by atoms with Crippen LogP contribution in [0, 0.1) is 11.7 Å². The van der Waals surface area contributed by atoms with Crippen LogP contribution in [0.4, 0.5) is 16.2 Å². The van der Waals surface area contributed by atoms with Crippen LogP contribution in [0.25, 0.3) is 0 Å². The molecular weight excluding hydrogens is 283 g/mol. The first-order valence-corrected chi connectivity index (χ1v) is 7.58. The molecule has 2 aromatic rings. The van der Waals surface area contributed by atoms with E-state index in [-0.39, 0.29) is 0 Å². The Morgan fingerprint density at radius 1 is 1.14 bits per heavy atom. The van der Waals surface area contributed by atoms with Gasteiger partial charge in [0, 0.05) is 31.5 Å². The van der Waals surface area contributed by atoms with Gasteiger partial charge in [0.05, 0.1) is 18.1 Å². The number of halogens is 1. The molecule has 114 valence electrons. The Kier molecular flexibility index (Phi) is 3.32. The molecule has 0 unspecified atom stereocenters. The van der Waals surface area contributed by atoms with Gasteiger partial charge in [0.25, 0.3) is 0 Å². The van der Waals surface area contributed by atoms with Crippen molar-refractivity contribution < 1.29 is 4.39 Å². The molecule has 0 atom stereocenters. The summed E-state index contributed by atoms with van der Waals surface area (Å²) in [5.41, 5.74) is 1.12. The van der Waals surface area contributed by atoms with Crippen molar-refractivity contribution in [2.45, 2.75) is 18.8 Å². The van der Waals surface area contributed by atoms with Crippen molar-refractivity contribution in [1.82, 2.24) is 20.2 Å². The SMILES string of the molecule is Fc1cnc(NCC2CN(c3ccc(C4CC4)nn3)C2)nc1. The maximum absolute atomic E-state index is 12.7. The van der Waals surface area contributed by atoms with Gasteiger partial charge in [0.15, 0.2) is 11.6 Å². The fraction of sp³-hybridized carbons (Fsp3) is 0.467. The second-order valence-electron chi connectivity index (χ2n) is 5.97. The lowest BCUT2D eigenvalue weighted by Gasteiger charge is -2.39. The highest BCUT2D eigenvalue weighted by atomic mass is 19.1. The first-order chi connectivity index (χ1) is 10.8. The molecule has 4 rings (SSSR count). The highest BCUT2D eigenvalue weighted by molar-refractivity contribution is 5.41. The Hall–Kier alpha value is -2.31. The number of aromatic nitrogens is 4. The molecule has 0 radical (unpaired) electrons. The van der Waals surface area contributed by atoms with Gasteiger partial charge in [-0.15, -0.1) is 5.10 Å². The third-order valence-corrected chi connectivity index (χ3v) is 4.12. The lowest BCUT2D eigenvalue weighted by atomic mass is 10.0. The summed E-state index contributed by atoms with van der Waals surface area (Å²) in [6.07, 6.45) is 4.83. The highest BCUT2D eigenvalue weighted by Crippen LogP contribution is 2.38. The van der Waals surface area contributed by atoms with Crippen molar-refractivity contribution in [3.63, 3.8) is 0 Å². The molecule has 2 aromatic heterocycles. The molecule has 1 N–H and O–H groups in total. The van der Waals surface area contributed by atoms with E-state index in [0.717, 1.165) is 31.1 Å². The zero-order valence-corrected chi connectivity index (χ0v) is 12.1. The topological polar surface area (TPSA) is 66.8 Å². The fourth-order valence-electron chi connectivity index (χ4n) is 2.63. The third kappa shape index (κ3) is 2.84. The molecule has 1 saturated carbocycles. The van der Waals surface area contributed by atoms with E-state index < -0.39 is 5.82 Å². The Labute approximate surface area is 127 Å². The first-order valence-electron chi connectivity index (χ1n) is 7.58. The number of anilines is 2. The van der Waals surface area contributed by atoms with Crippen LogP contribution >= 0.6 is 0 Å². The quantitative estimate of drug-likeness (QED) is 0.908. The molecule has 22 heavy (non-hydrogen) atoms. The maximum Gasteiger partial charge on any atom is 0.222 e. The van der Waals surface area contributed by atoms with Crippen molar-refractivity contribution in [1.29, 1.82) is 0 Å². The van der Waals surface area contributed by atoms with Gasteiger partial charge >= 0.3 is 0 Å². The second kappa shape index (κ2) is 5.47. The predicted octanol–water partition coefficient (Wildman–Crippen LogP) is 1.83. The lowest BCUT2D eigenvalue weighted by Crippen LogP contribution is -2.50. The minimum atomic E-state index is -0.423. The predicted molar refractivity (Wildman–Crippen MR) is 80.2 cm³/mol. The van der Waals surface area contributed by atoms with Gasteiger partial charge in [-0.3, -0.25) is 0 Å². The molecule has 1 aliphatic carbocycles. The number of nitrogens with one attached hydrogen (secondary N) is 1. The summed E-state index contributed by atoms with van der Waals surface area (Å²) in [5.74, 6) is 2.14. The Morgan fingerprint density at radius 2 is 1.91 bits per heavy atom. The molecule has 6 nitrogen and oxygen atoms in total. The number of hydrogen-bond donors (Lipinski definition) is 1. The van der Waals surface area contributed by atoms with Crippen molar-refractivity contribution in [2.24, 2.45) is 5.92 Å². The van der Waals surface area contributed by atoms with Crippen LogP contribution in [0.15, 0.2) is 24.5 Å². The zero-order valence-electron chi connectivity index (χ0n) is 12.1. The van der Waals surface area contributed by atoms with E-state index in [1.54, 1.807) is 0 Å². The largest absolute Gasteiger partial charge is 0.354 e. The van der Waals surface area contributed by atoms with E-state index in [0.29, 0.717) is 17.8 Å². The first kappa shape index (κ1) is 13.4. The summed E-state index contributed by atoms with van der Waals surface area (Å²) in [6, 6.07) is 4.16. The van der Waals surface area contributed by atoms with Crippen molar-refractivity contribution >= 4 is 11.8 Å². The average molecular weight is 300 g/mol. The molecule has 7 heteroatoms. The van der Waals surface area contributed by atoms with Gasteiger partial charge in [0.1, 0.15) is 0 Å². The van der Waals surface area contributed by atoms with Crippen LogP contribution in [-0.2, 0) is 0 Å². The average Bonchev–Trinajstić information content (AvgIpc) is 3.33. The summed E-state index contributed by atoms with van der Waals surface area (Å²) in [4.78, 5) is 9.98. The molecule has 0 bridgehead atoms. The van der Waals surface area contributed by atoms with E-state index >= 15 is 0 Å². The lowest BCUT2D eigenvalue weighted by molar-refractivity contribution is 0.424. The van der Waals surface area contributed by atoms with Crippen LogP contribution in [-0.4, -0.2) is 39.8 Å². The number of hydrogen-bond acceptors (Lipinski definition) is 6. The Balaban J connectivity index is 1.25. The van der Waals surface area contributed by atoms with E-state index in [2.05, 4.69) is 42.5 Å². The zero-order chi connectivity index (χ0) is 14.9. The fourth-order valence-corrected chi connectivity index (χ4v) is 2.63. The molecule has 0 amide bonds. The smallest absolute Gasteiger partial charge is 0.222 e. The second-order valence-corrected chi connectivity index (χ2v) is 5.97. The monoisotopic (exact) mass is 300 g/mol. The summed E-state index contributed by atoms with van der Waals surface area (Å²) >= 11 is 0. The van der Waals surface area contributed by atoms with Gasteiger partial charge in [-0.1, -0.05) is 0 Å². The molecule has 0 aromatic carbocycles. The molecule has 2 aliphatic rings. The van der Waals surface area contributed by atoms with Crippen molar-refractivity contribution in [2.75, 3.05) is 29.9 Å². The summed E-state index contributed by atoms with van der Waals surface area (Å²) < 4.78 is 12.7. The Bertz CT molecular complexity index is 634. The van der Waals surface area contributed by atoms with Crippen LogP contribution in [0.5, 0.6) is 0 Å². The summed E-state index contributed by atoms with van der Waals surface area (Å²) in [5, 5.41) is 11.7. The van der Waals surface area contributed by atoms with E-state index in [4.69, 9.17) is 0 Å².